The maximum atomic E-state index is 12.5. The van der Waals surface area contributed by atoms with E-state index in [0.29, 0.717) is 11.6 Å². The first-order chi connectivity index (χ1) is 11.3. The molecule has 0 aromatic heterocycles. The summed E-state index contributed by atoms with van der Waals surface area (Å²) in [5.41, 5.74) is 2.05. The van der Waals surface area contributed by atoms with Gasteiger partial charge in [0.2, 0.25) is 10.0 Å². The van der Waals surface area contributed by atoms with Crippen molar-refractivity contribution in [3.05, 3.63) is 77.3 Å². The van der Waals surface area contributed by atoms with Crippen LogP contribution in [0.1, 0.15) is 24.0 Å². The molecule has 0 aliphatic heterocycles. The van der Waals surface area contributed by atoms with E-state index in [0.717, 1.165) is 11.1 Å². The van der Waals surface area contributed by atoms with Gasteiger partial charge in [-0.05, 0) is 42.7 Å². The molecule has 0 heterocycles. The molecule has 0 saturated heterocycles. The fraction of sp³-hybridized carbons (Fsp3) is 0.263. The van der Waals surface area contributed by atoms with Crippen molar-refractivity contribution in [2.24, 2.45) is 5.92 Å². The molecular weight excluding hydrogens is 342 g/mol. The highest BCUT2D eigenvalue weighted by atomic mass is 35.5. The Labute approximate surface area is 149 Å². The van der Waals surface area contributed by atoms with Gasteiger partial charge in [0.15, 0.2) is 0 Å². The molecule has 2 unspecified atom stereocenters. The van der Waals surface area contributed by atoms with Crippen molar-refractivity contribution >= 4 is 21.6 Å². The lowest BCUT2D eigenvalue weighted by Crippen LogP contribution is -2.30. The minimum Gasteiger partial charge on any atom is -0.211 e. The monoisotopic (exact) mass is 363 g/mol. The van der Waals surface area contributed by atoms with Crippen LogP contribution in [0, 0.1) is 12.8 Å². The Bertz CT molecular complexity index is 783. The summed E-state index contributed by atoms with van der Waals surface area (Å²) >= 11 is 5.94. The Morgan fingerprint density at radius 1 is 1.12 bits per heavy atom. The predicted octanol–water partition coefficient (Wildman–Crippen LogP) is 4.53. The number of benzene rings is 2. The summed E-state index contributed by atoms with van der Waals surface area (Å²) in [6.07, 6.45) is 1.83. The normalized spacial score (nSPS) is 14.1. The van der Waals surface area contributed by atoms with E-state index in [4.69, 9.17) is 11.6 Å². The summed E-state index contributed by atoms with van der Waals surface area (Å²) in [6, 6.07) is 14.3. The van der Waals surface area contributed by atoms with Gasteiger partial charge in [0.25, 0.3) is 0 Å². The van der Waals surface area contributed by atoms with Gasteiger partial charge in [0.05, 0.1) is 4.90 Å². The van der Waals surface area contributed by atoms with Crippen LogP contribution in [0.5, 0.6) is 0 Å². The first kappa shape index (κ1) is 18.7. The van der Waals surface area contributed by atoms with E-state index in [9.17, 15) is 8.42 Å². The molecule has 128 valence electrons. The lowest BCUT2D eigenvalue weighted by Gasteiger charge is -2.22. The molecule has 0 spiro atoms. The Hall–Kier alpha value is -1.62. The van der Waals surface area contributed by atoms with E-state index in [1.807, 2.05) is 44.2 Å². The maximum absolute atomic E-state index is 12.5. The van der Waals surface area contributed by atoms with Gasteiger partial charge in [-0.25, -0.2) is 13.1 Å². The van der Waals surface area contributed by atoms with Crippen LogP contribution < -0.4 is 4.72 Å². The van der Waals surface area contributed by atoms with Gasteiger partial charge < -0.3 is 0 Å². The lowest BCUT2D eigenvalue weighted by atomic mass is 9.87. The lowest BCUT2D eigenvalue weighted by molar-refractivity contribution is 0.522. The second kappa shape index (κ2) is 7.97. The van der Waals surface area contributed by atoms with Crippen LogP contribution in [0.25, 0.3) is 0 Å². The van der Waals surface area contributed by atoms with E-state index < -0.39 is 10.0 Å². The van der Waals surface area contributed by atoms with Gasteiger partial charge in [-0.3, -0.25) is 0 Å². The highest BCUT2D eigenvalue weighted by Crippen LogP contribution is 2.26. The number of hydrogen-bond donors (Lipinski definition) is 1. The van der Waals surface area contributed by atoms with Crippen molar-refractivity contribution < 1.29 is 8.42 Å². The number of rotatable bonds is 7. The highest BCUT2D eigenvalue weighted by molar-refractivity contribution is 7.89. The molecule has 0 aliphatic carbocycles. The zero-order valence-corrected chi connectivity index (χ0v) is 15.4. The fourth-order valence-electron chi connectivity index (χ4n) is 2.48. The van der Waals surface area contributed by atoms with Crippen molar-refractivity contribution in [3.8, 4) is 0 Å². The van der Waals surface area contributed by atoms with Gasteiger partial charge in [0, 0.05) is 17.5 Å². The van der Waals surface area contributed by atoms with Crippen molar-refractivity contribution in [1.29, 1.82) is 0 Å². The molecule has 24 heavy (non-hydrogen) atoms. The first-order valence-electron chi connectivity index (χ1n) is 7.78. The van der Waals surface area contributed by atoms with Crippen LogP contribution in [0.15, 0.2) is 66.1 Å². The van der Waals surface area contributed by atoms with Crippen LogP contribution >= 0.6 is 11.6 Å². The molecule has 1 N–H and O–H groups in total. The topological polar surface area (TPSA) is 46.2 Å². The number of halogens is 1. The molecule has 0 bridgehead atoms. The number of nitrogens with one attached hydrogen (secondary N) is 1. The number of aryl methyl sites for hydroxylation is 1. The molecule has 3 nitrogen and oxygen atoms in total. The molecule has 0 fully saturated rings. The molecule has 2 atom stereocenters. The van der Waals surface area contributed by atoms with Gasteiger partial charge >= 0.3 is 0 Å². The van der Waals surface area contributed by atoms with E-state index in [-0.39, 0.29) is 16.7 Å². The molecular formula is C19H22ClNO2S. The minimum absolute atomic E-state index is 0.0139. The van der Waals surface area contributed by atoms with Crippen LogP contribution in [-0.2, 0) is 10.0 Å². The number of hydrogen-bond acceptors (Lipinski definition) is 2. The van der Waals surface area contributed by atoms with Gasteiger partial charge in [-0.15, -0.1) is 6.58 Å². The van der Waals surface area contributed by atoms with Gasteiger partial charge in [0.1, 0.15) is 0 Å². The molecule has 2 rings (SSSR count). The predicted molar refractivity (Wildman–Crippen MR) is 99.9 cm³/mol. The Morgan fingerprint density at radius 3 is 2.25 bits per heavy atom. The molecule has 0 amide bonds. The number of sulfonamides is 1. The largest absolute Gasteiger partial charge is 0.240 e. The van der Waals surface area contributed by atoms with Crippen molar-refractivity contribution in [2.75, 3.05) is 6.54 Å². The molecule has 5 heteroatoms. The second-order valence-corrected chi connectivity index (χ2v) is 8.12. The zero-order valence-electron chi connectivity index (χ0n) is 13.9. The van der Waals surface area contributed by atoms with Crippen molar-refractivity contribution in [1.82, 2.24) is 4.72 Å². The van der Waals surface area contributed by atoms with E-state index in [1.165, 1.54) is 0 Å². The molecule has 2 aromatic carbocycles. The van der Waals surface area contributed by atoms with Crippen molar-refractivity contribution in [3.63, 3.8) is 0 Å². The third-order valence-corrected chi connectivity index (χ3v) is 5.82. The Kier molecular flexibility index (Phi) is 6.21. The summed E-state index contributed by atoms with van der Waals surface area (Å²) in [4.78, 5) is 0.272. The van der Waals surface area contributed by atoms with E-state index >= 15 is 0 Å². The standard InChI is InChI=1S/C19H22ClNO2S/c1-4-15(3)19(16-7-9-17(20)10-8-16)13-21-24(22,23)18-11-5-14(2)6-12-18/h4-12,15,19,21H,1,13H2,2-3H3. The van der Waals surface area contributed by atoms with Gasteiger partial charge in [-0.1, -0.05) is 54.4 Å². The van der Waals surface area contributed by atoms with E-state index in [1.54, 1.807) is 24.3 Å². The Morgan fingerprint density at radius 2 is 1.71 bits per heavy atom. The summed E-state index contributed by atoms with van der Waals surface area (Å²) in [5.74, 6) is 0.104. The summed E-state index contributed by atoms with van der Waals surface area (Å²) in [6.45, 7) is 8.07. The molecule has 0 aliphatic rings. The fourth-order valence-corrected chi connectivity index (χ4v) is 3.67. The van der Waals surface area contributed by atoms with Crippen LogP contribution in [0.2, 0.25) is 5.02 Å². The zero-order chi connectivity index (χ0) is 17.7. The quantitative estimate of drug-likeness (QED) is 0.734. The maximum Gasteiger partial charge on any atom is 0.240 e. The third kappa shape index (κ3) is 4.69. The smallest absolute Gasteiger partial charge is 0.211 e. The summed E-state index contributed by atoms with van der Waals surface area (Å²) in [7, 11) is -3.54. The second-order valence-electron chi connectivity index (χ2n) is 5.92. The average Bonchev–Trinajstić information content (AvgIpc) is 2.56. The summed E-state index contributed by atoms with van der Waals surface area (Å²) < 4.78 is 27.7. The highest BCUT2D eigenvalue weighted by Gasteiger charge is 2.21. The molecule has 2 aromatic rings. The first-order valence-corrected chi connectivity index (χ1v) is 9.64. The summed E-state index contributed by atoms with van der Waals surface area (Å²) in [5, 5.41) is 0.656. The SMILES string of the molecule is C=CC(C)C(CNS(=O)(=O)c1ccc(C)cc1)c1ccc(Cl)cc1. The molecule has 0 saturated carbocycles. The van der Waals surface area contributed by atoms with E-state index in [2.05, 4.69) is 11.3 Å². The third-order valence-electron chi connectivity index (χ3n) is 4.13. The Balaban J connectivity index is 2.19. The minimum atomic E-state index is -3.54. The molecule has 0 radical (unpaired) electrons. The average molecular weight is 364 g/mol. The van der Waals surface area contributed by atoms with Crippen LogP contribution in [-0.4, -0.2) is 15.0 Å². The van der Waals surface area contributed by atoms with Crippen LogP contribution in [0.4, 0.5) is 0 Å². The van der Waals surface area contributed by atoms with Crippen LogP contribution in [0.3, 0.4) is 0 Å². The number of allylic oxidation sites excluding steroid dienone is 1. The van der Waals surface area contributed by atoms with Gasteiger partial charge in [-0.2, -0.15) is 0 Å². The van der Waals surface area contributed by atoms with Crippen molar-refractivity contribution in [2.45, 2.75) is 24.7 Å².